The summed E-state index contributed by atoms with van der Waals surface area (Å²) in [4.78, 5) is 0. The average Bonchev–Trinajstić information content (AvgIpc) is 2.68. The van der Waals surface area contributed by atoms with Gasteiger partial charge in [0.1, 0.15) is 0 Å². The normalized spacial score (nSPS) is 55.2. The second-order valence-electron chi connectivity index (χ2n) is 15.2. The van der Waals surface area contributed by atoms with Crippen molar-refractivity contribution in [2.45, 2.75) is 126 Å². The lowest BCUT2D eigenvalue weighted by Crippen LogP contribution is -2.63. The lowest BCUT2D eigenvalue weighted by molar-refractivity contribution is -0.179. The highest BCUT2D eigenvalue weighted by molar-refractivity contribution is 5.35. The van der Waals surface area contributed by atoms with Crippen LogP contribution >= 0.6 is 0 Å². The number of aliphatic hydroxyl groups excluding tert-OH is 1. The summed E-state index contributed by atoms with van der Waals surface area (Å²) in [5, 5.41) is 10.8. The molecule has 0 bridgehead atoms. The molecule has 0 amide bonds. The summed E-state index contributed by atoms with van der Waals surface area (Å²) in [6, 6.07) is 0. The van der Waals surface area contributed by atoms with E-state index in [1.807, 2.05) is 5.57 Å². The smallest absolute Gasteiger partial charge is 0.0594 e. The SMILES string of the molecule is CC1(C)CC[C@]2(C)CC[C@]3(C)C4=CCC5C(CC[C@@H](O)C5(C)C)[C@]4(C)CC[C@@]3(C)C2C1. The Morgan fingerprint density at radius 2 is 1.45 bits per heavy atom. The Bertz CT molecular complexity index is 790. The first-order valence-corrected chi connectivity index (χ1v) is 13.6. The Kier molecular flexibility index (Phi) is 4.66. The first-order chi connectivity index (χ1) is 14.2. The van der Waals surface area contributed by atoms with E-state index >= 15 is 0 Å². The maximum absolute atomic E-state index is 10.8. The number of hydrogen-bond acceptors (Lipinski definition) is 1. The van der Waals surface area contributed by atoms with Crippen LogP contribution < -0.4 is 0 Å². The largest absolute Gasteiger partial charge is 0.393 e. The van der Waals surface area contributed by atoms with Gasteiger partial charge in [-0.2, -0.15) is 0 Å². The third-order valence-corrected chi connectivity index (χ3v) is 13.0. The van der Waals surface area contributed by atoms with Crippen molar-refractivity contribution in [1.82, 2.24) is 0 Å². The molecule has 5 aliphatic rings. The summed E-state index contributed by atoms with van der Waals surface area (Å²) < 4.78 is 0. The van der Waals surface area contributed by atoms with Gasteiger partial charge in [-0.05, 0) is 114 Å². The minimum absolute atomic E-state index is 0.0497. The molecular weight excluding hydrogens is 376 g/mol. The zero-order valence-corrected chi connectivity index (χ0v) is 21.9. The van der Waals surface area contributed by atoms with Gasteiger partial charge in [0.25, 0.3) is 0 Å². The number of allylic oxidation sites excluding steroid dienone is 2. The summed E-state index contributed by atoms with van der Waals surface area (Å²) in [5.74, 6) is 2.25. The van der Waals surface area contributed by atoms with Crippen LogP contribution in [0.25, 0.3) is 0 Å². The molecule has 0 aromatic rings. The van der Waals surface area contributed by atoms with Crippen LogP contribution in [0.5, 0.6) is 0 Å². The van der Waals surface area contributed by atoms with E-state index < -0.39 is 0 Å². The van der Waals surface area contributed by atoms with E-state index in [1.54, 1.807) is 0 Å². The Balaban J connectivity index is 1.58. The first-order valence-electron chi connectivity index (χ1n) is 13.6. The van der Waals surface area contributed by atoms with Crippen molar-refractivity contribution in [2.75, 3.05) is 0 Å². The minimum Gasteiger partial charge on any atom is -0.393 e. The molecule has 0 spiro atoms. The van der Waals surface area contributed by atoms with Gasteiger partial charge >= 0.3 is 0 Å². The van der Waals surface area contributed by atoms with Crippen molar-refractivity contribution >= 4 is 0 Å². The van der Waals surface area contributed by atoms with Gasteiger partial charge in [0, 0.05) is 0 Å². The standard InChI is InChI=1S/C30H50O/c1-25(2)13-14-27(5)15-17-29(7)22-11-9-20-21(10-12-24(31)26(20,3)4)28(22,6)16-18-30(29,8)23(27)19-25/h11,20-21,23-24,31H,9-10,12-19H2,1-8H3/t20?,21?,23?,24-,27-,28+,29-,30+/m1/s1. The molecule has 31 heavy (non-hydrogen) atoms. The quantitative estimate of drug-likeness (QED) is 0.387. The van der Waals surface area contributed by atoms with Crippen LogP contribution in [0.4, 0.5) is 0 Å². The molecule has 5 aliphatic carbocycles. The average molecular weight is 427 g/mol. The van der Waals surface area contributed by atoms with Gasteiger partial charge in [0.05, 0.1) is 6.10 Å². The van der Waals surface area contributed by atoms with E-state index in [4.69, 9.17) is 0 Å². The molecule has 0 heterocycles. The summed E-state index contributed by atoms with van der Waals surface area (Å²) in [7, 11) is 0. The highest BCUT2D eigenvalue weighted by Gasteiger charge is 2.68. The third kappa shape index (κ3) is 2.77. The van der Waals surface area contributed by atoms with E-state index in [-0.39, 0.29) is 11.5 Å². The predicted molar refractivity (Wildman–Crippen MR) is 131 cm³/mol. The van der Waals surface area contributed by atoms with Gasteiger partial charge < -0.3 is 5.11 Å². The summed E-state index contributed by atoms with van der Waals surface area (Å²) in [6.45, 7) is 20.5. The van der Waals surface area contributed by atoms with Crippen LogP contribution in [0.2, 0.25) is 0 Å². The van der Waals surface area contributed by atoms with Crippen molar-refractivity contribution in [3.63, 3.8) is 0 Å². The Morgan fingerprint density at radius 3 is 2.16 bits per heavy atom. The highest BCUT2D eigenvalue weighted by Crippen LogP contribution is 2.76. The van der Waals surface area contributed by atoms with Gasteiger partial charge in [-0.25, -0.2) is 0 Å². The number of fused-ring (bicyclic) bond motifs is 7. The summed E-state index contributed by atoms with van der Waals surface area (Å²) in [6.07, 6.45) is 15.9. The molecule has 8 atom stereocenters. The molecule has 0 aromatic carbocycles. The first kappa shape index (κ1) is 22.5. The van der Waals surface area contributed by atoms with E-state index in [2.05, 4.69) is 61.5 Å². The Labute approximate surface area is 192 Å². The molecule has 1 N–H and O–H groups in total. The lowest BCUT2D eigenvalue weighted by atomic mass is 9.33. The third-order valence-electron chi connectivity index (χ3n) is 13.0. The monoisotopic (exact) mass is 426 g/mol. The Hall–Kier alpha value is -0.300. The van der Waals surface area contributed by atoms with Crippen LogP contribution in [0.1, 0.15) is 120 Å². The zero-order chi connectivity index (χ0) is 22.7. The lowest BCUT2D eigenvalue weighted by Gasteiger charge is -2.72. The fourth-order valence-corrected chi connectivity index (χ4v) is 10.4. The summed E-state index contributed by atoms with van der Waals surface area (Å²) >= 11 is 0. The van der Waals surface area contributed by atoms with Gasteiger partial charge in [-0.1, -0.05) is 67.0 Å². The maximum Gasteiger partial charge on any atom is 0.0594 e. The molecule has 5 rings (SSSR count). The number of hydrogen-bond donors (Lipinski definition) is 1. The van der Waals surface area contributed by atoms with Gasteiger partial charge in [0.2, 0.25) is 0 Å². The fraction of sp³-hybridized carbons (Fsp3) is 0.933. The number of rotatable bonds is 0. The molecule has 4 fully saturated rings. The molecule has 1 heteroatoms. The van der Waals surface area contributed by atoms with Crippen LogP contribution in [0, 0.1) is 50.2 Å². The second-order valence-corrected chi connectivity index (χ2v) is 15.2. The minimum atomic E-state index is -0.128. The van der Waals surface area contributed by atoms with Gasteiger partial charge in [-0.3, -0.25) is 0 Å². The van der Waals surface area contributed by atoms with Crippen LogP contribution in [0.3, 0.4) is 0 Å². The zero-order valence-electron chi connectivity index (χ0n) is 21.9. The molecule has 0 aliphatic heterocycles. The van der Waals surface area contributed by atoms with Crippen LogP contribution in [-0.4, -0.2) is 11.2 Å². The Morgan fingerprint density at radius 1 is 0.774 bits per heavy atom. The second kappa shape index (κ2) is 6.43. The maximum atomic E-state index is 10.8. The van der Waals surface area contributed by atoms with E-state index in [0.29, 0.717) is 33.0 Å². The summed E-state index contributed by atoms with van der Waals surface area (Å²) in [5.41, 5.74) is 4.07. The molecule has 0 saturated heterocycles. The predicted octanol–water partition coefficient (Wildman–Crippen LogP) is 8.17. The van der Waals surface area contributed by atoms with Crippen molar-refractivity contribution < 1.29 is 5.11 Å². The van der Waals surface area contributed by atoms with Gasteiger partial charge in [-0.15, -0.1) is 0 Å². The van der Waals surface area contributed by atoms with Gasteiger partial charge in [0.15, 0.2) is 0 Å². The molecule has 4 saturated carbocycles. The molecule has 176 valence electrons. The van der Waals surface area contributed by atoms with Crippen molar-refractivity contribution in [2.24, 2.45) is 50.2 Å². The molecule has 0 radical (unpaired) electrons. The van der Waals surface area contributed by atoms with Crippen molar-refractivity contribution in [3.05, 3.63) is 11.6 Å². The van der Waals surface area contributed by atoms with Crippen molar-refractivity contribution in [3.8, 4) is 0 Å². The molecule has 0 aromatic heterocycles. The molecular formula is C30H50O. The number of aliphatic hydroxyl groups is 1. The fourth-order valence-electron chi connectivity index (χ4n) is 10.4. The van der Waals surface area contributed by atoms with E-state index in [0.717, 1.165) is 18.3 Å². The van der Waals surface area contributed by atoms with E-state index in [9.17, 15) is 5.11 Å². The molecule has 3 unspecified atom stereocenters. The van der Waals surface area contributed by atoms with E-state index in [1.165, 1.54) is 57.8 Å². The van der Waals surface area contributed by atoms with Crippen molar-refractivity contribution in [1.29, 1.82) is 0 Å². The topological polar surface area (TPSA) is 20.2 Å². The molecule has 1 nitrogen and oxygen atoms in total. The highest BCUT2D eigenvalue weighted by atomic mass is 16.3. The van der Waals surface area contributed by atoms with Crippen LogP contribution in [0.15, 0.2) is 11.6 Å². The van der Waals surface area contributed by atoms with Crippen LogP contribution in [-0.2, 0) is 0 Å².